The lowest BCUT2D eigenvalue weighted by molar-refractivity contribution is 0.799. The van der Waals surface area contributed by atoms with Crippen LogP contribution in [-0.2, 0) is 13.1 Å². The van der Waals surface area contributed by atoms with Crippen LogP contribution in [-0.4, -0.2) is 28.2 Å². The van der Waals surface area contributed by atoms with Crippen LogP contribution in [0.4, 0.5) is 17.1 Å². The first-order valence-corrected chi connectivity index (χ1v) is 14.0. The van der Waals surface area contributed by atoms with Crippen LogP contribution in [0.5, 0.6) is 0 Å². The summed E-state index contributed by atoms with van der Waals surface area (Å²) in [6, 6.07) is 48.6. The average Bonchev–Trinajstić information content (AvgIpc) is 2.99. The molecule has 0 unspecified atom stereocenters. The summed E-state index contributed by atoms with van der Waals surface area (Å²) >= 11 is 0. The second kappa shape index (κ2) is 12.6. The normalized spacial score (nSPS) is 10.9. The minimum atomic E-state index is 0.151. The summed E-state index contributed by atoms with van der Waals surface area (Å²) in [5, 5.41) is 0. The molecule has 0 spiro atoms. The molecular formula is C37H39N3. The third-order valence-corrected chi connectivity index (χ3v) is 7.51. The first-order valence-electron chi connectivity index (χ1n) is 14.0. The van der Waals surface area contributed by atoms with Crippen molar-refractivity contribution in [2.45, 2.75) is 19.0 Å². The summed E-state index contributed by atoms with van der Waals surface area (Å²) < 4.78 is 0. The Bertz CT molecular complexity index is 1360. The zero-order valence-electron chi connectivity index (χ0n) is 24.0. The molecular weight excluding hydrogens is 486 g/mol. The highest BCUT2D eigenvalue weighted by atomic mass is 15.1. The van der Waals surface area contributed by atoms with Crippen molar-refractivity contribution in [1.29, 1.82) is 0 Å². The number of hydrogen-bond donors (Lipinski definition) is 0. The van der Waals surface area contributed by atoms with Crippen LogP contribution in [0.15, 0.2) is 133 Å². The number of hydrogen-bond acceptors (Lipinski definition) is 3. The molecule has 0 amide bonds. The second-order valence-corrected chi connectivity index (χ2v) is 10.8. The molecule has 0 saturated carbocycles. The molecule has 3 heteroatoms. The van der Waals surface area contributed by atoms with E-state index in [2.05, 4.69) is 176 Å². The maximum absolute atomic E-state index is 2.46. The van der Waals surface area contributed by atoms with Crippen molar-refractivity contribution in [3.63, 3.8) is 0 Å². The molecule has 0 aromatic heterocycles. The van der Waals surface area contributed by atoms with Crippen molar-refractivity contribution in [2.24, 2.45) is 0 Å². The Kier molecular flexibility index (Phi) is 8.51. The van der Waals surface area contributed by atoms with E-state index in [1.165, 1.54) is 44.9 Å². The molecule has 0 atom stereocenters. The SMILES string of the molecule is CN(C)c1ccc(C(c2ccc(N(C)C)cc2)c2ccc(N(Cc3ccccc3)Cc3ccccc3)cc2)cc1. The molecule has 3 nitrogen and oxygen atoms in total. The van der Waals surface area contributed by atoms with E-state index in [4.69, 9.17) is 0 Å². The molecule has 5 aromatic rings. The summed E-state index contributed by atoms with van der Waals surface area (Å²) in [5.41, 5.74) is 10.1. The Hall–Kier alpha value is -4.50. The summed E-state index contributed by atoms with van der Waals surface area (Å²) in [7, 11) is 8.34. The van der Waals surface area contributed by atoms with Gasteiger partial charge >= 0.3 is 0 Å². The monoisotopic (exact) mass is 525 g/mol. The van der Waals surface area contributed by atoms with Gasteiger partial charge in [0.15, 0.2) is 0 Å². The fourth-order valence-corrected chi connectivity index (χ4v) is 5.23. The van der Waals surface area contributed by atoms with E-state index >= 15 is 0 Å². The van der Waals surface area contributed by atoms with Crippen LogP contribution in [0.3, 0.4) is 0 Å². The molecule has 0 aliphatic carbocycles. The summed E-state index contributed by atoms with van der Waals surface area (Å²) in [6.45, 7) is 1.72. The molecule has 0 bridgehead atoms. The van der Waals surface area contributed by atoms with Gasteiger partial charge in [-0.2, -0.15) is 0 Å². The summed E-state index contributed by atoms with van der Waals surface area (Å²) in [5.74, 6) is 0.151. The third-order valence-electron chi connectivity index (χ3n) is 7.51. The Balaban J connectivity index is 1.49. The van der Waals surface area contributed by atoms with Gasteiger partial charge in [0.1, 0.15) is 0 Å². The average molecular weight is 526 g/mol. The minimum Gasteiger partial charge on any atom is -0.378 e. The third kappa shape index (κ3) is 6.55. The van der Waals surface area contributed by atoms with E-state index in [1.807, 2.05) is 0 Å². The number of rotatable bonds is 10. The first kappa shape index (κ1) is 27.1. The molecule has 0 aliphatic heterocycles. The Labute approximate surface area is 239 Å². The van der Waals surface area contributed by atoms with Crippen molar-refractivity contribution in [3.05, 3.63) is 161 Å². The lowest BCUT2D eigenvalue weighted by Crippen LogP contribution is -2.22. The summed E-state index contributed by atoms with van der Waals surface area (Å²) in [6.07, 6.45) is 0. The van der Waals surface area contributed by atoms with Crippen molar-refractivity contribution >= 4 is 17.1 Å². The smallest absolute Gasteiger partial charge is 0.0433 e. The van der Waals surface area contributed by atoms with Crippen LogP contribution in [0.25, 0.3) is 0 Å². The molecule has 5 rings (SSSR count). The lowest BCUT2D eigenvalue weighted by Gasteiger charge is -2.27. The fraction of sp³-hybridized carbons (Fsp3) is 0.189. The Morgan fingerprint density at radius 3 is 1.05 bits per heavy atom. The van der Waals surface area contributed by atoms with E-state index in [1.54, 1.807) is 0 Å². The molecule has 202 valence electrons. The van der Waals surface area contributed by atoms with Gasteiger partial charge in [-0.1, -0.05) is 97.1 Å². The lowest BCUT2D eigenvalue weighted by atomic mass is 9.85. The number of nitrogens with zero attached hydrogens (tertiary/aromatic N) is 3. The van der Waals surface area contributed by atoms with Crippen molar-refractivity contribution in [1.82, 2.24) is 0 Å². The number of anilines is 3. The van der Waals surface area contributed by atoms with Gasteiger partial charge in [-0.05, 0) is 64.2 Å². The molecule has 0 heterocycles. The van der Waals surface area contributed by atoms with Crippen LogP contribution in [0.2, 0.25) is 0 Å². The van der Waals surface area contributed by atoms with E-state index < -0.39 is 0 Å². The maximum atomic E-state index is 2.46. The van der Waals surface area contributed by atoms with Gasteiger partial charge < -0.3 is 14.7 Å². The second-order valence-electron chi connectivity index (χ2n) is 10.8. The largest absolute Gasteiger partial charge is 0.378 e. The highest BCUT2D eigenvalue weighted by Crippen LogP contribution is 2.35. The van der Waals surface area contributed by atoms with Crippen molar-refractivity contribution < 1.29 is 0 Å². The predicted octanol–water partition coefficient (Wildman–Crippen LogP) is 8.21. The van der Waals surface area contributed by atoms with E-state index in [-0.39, 0.29) is 5.92 Å². The zero-order valence-corrected chi connectivity index (χ0v) is 24.0. The van der Waals surface area contributed by atoms with Crippen LogP contribution >= 0.6 is 0 Å². The van der Waals surface area contributed by atoms with Crippen molar-refractivity contribution in [3.8, 4) is 0 Å². The quantitative estimate of drug-likeness (QED) is 0.170. The topological polar surface area (TPSA) is 9.72 Å². The Morgan fingerprint density at radius 2 is 0.725 bits per heavy atom. The van der Waals surface area contributed by atoms with Crippen LogP contribution in [0.1, 0.15) is 33.7 Å². The van der Waals surface area contributed by atoms with Crippen molar-refractivity contribution in [2.75, 3.05) is 42.9 Å². The van der Waals surface area contributed by atoms with Crippen LogP contribution in [0, 0.1) is 0 Å². The molecule has 0 N–H and O–H groups in total. The molecule has 0 radical (unpaired) electrons. The molecule has 0 fully saturated rings. The van der Waals surface area contributed by atoms with Gasteiger partial charge in [0.25, 0.3) is 0 Å². The van der Waals surface area contributed by atoms with Gasteiger partial charge in [-0.3, -0.25) is 0 Å². The van der Waals surface area contributed by atoms with Gasteiger partial charge in [0, 0.05) is 64.3 Å². The summed E-state index contributed by atoms with van der Waals surface area (Å²) in [4.78, 5) is 6.75. The molecule has 40 heavy (non-hydrogen) atoms. The van der Waals surface area contributed by atoms with Gasteiger partial charge in [-0.25, -0.2) is 0 Å². The molecule has 0 saturated heterocycles. The highest BCUT2D eigenvalue weighted by molar-refractivity contribution is 5.56. The standard InChI is InChI=1S/C37H39N3/c1-38(2)34-21-15-31(16-22-34)37(32-17-23-35(24-18-32)39(3)4)33-19-25-36(26-20-33)40(27-29-11-7-5-8-12-29)28-30-13-9-6-10-14-30/h5-26,37H,27-28H2,1-4H3. The predicted molar refractivity (Wildman–Crippen MR) is 172 cm³/mol. The number of benzene rings is 5. The first-order chi connectivity index (χ1) is 19.5. The molecule has 0 aliphatic rings. The Morgan fingerprint density at radius 1 is 0.400 bits per heavy atom. The van der Waals surface area contributed by atoms with Gasteiger partial charge in [-0.15, -0.1) is 0 Å². The maximum Gasteiger partial charge on any atom is 0.0433 e. The fourth-order valence-electron chi connectivity index (χ4n) is 5.23. The molecule has 5 aromatic carbocycles. The van der Waals surface area contributed by atoms with E-state index in [0.717, 1.165) is 13.1 Å². The highest BCUT2D eigenvalue weighted by Gasteiger charge is 2.18. The van der Waals surface area contributed by atoms with E-state index in [0.29, 0.717) is 0 Å². The minimum absolute atomic E-state index is 0.151. The van der Waals surface area contributed by atoms with E-state index in [9.17, 15) is 0 Å². The zero-order chi connectivity index (χ0) is 27.9. The van der Waals surface area contributed by atoms with Crippen LogP contribution < -0.4 is 14.7 Å². The van der Waals surface area contributed by atoms with Gasteiger partial charge in [0.2, 0.25) is 0 Å². The van der Waals surface area contributed by atoms with Gasteiger partial charge in [0.05, 0.1) is 0 Å².